The van der Waals surface area contributed by atoms with Crippen molar-refractivity contribution >= 4 is 23.9 Å². The van der Waals surface area contributed by atoms with Crippen molar-refractivity contribution in [2.75, 3.05) is 13.1 Å². The molecule has 10 nitrogen and oxygen atoms in total. The molecule has 1 fully saturated rings. The smallest absolute Gasteiger partial charge is 0.550 e. The first-order chi connectivity index (χ1) is 9.97. The van der Waals surface area contributed by atoms with Gasteiger partial charge in [0.15, 0.2) is 0 Å². The molecule has 0 bridgehead atoms. The van der Waals surface area contributed by atoms with Crippen LogP contribution in [-0.4, -0.2) is 37.0 Å². The van der Waals surface area contributed by atoms with Crippen molar-refractivity contribution in [3.63, 3.8) is 0 Å². The van der Waals surface area contributed by atoms with Crippen LogP contribution >= 0.6 is 0 Å². The first kappa shape index (κ1) is 29.5. The van der Waals surface area contributed by atoms with Crippen LogP contribution in [0.1, 0.15) is 33.1 Å². The molecular weight excluding hydrogens is 495 g/mol. The van der Waals surface area contributed by atoms with Crippen LogP contribution < -0.4 is 31.9 Å². The Hall–Kier alpha value is -1.51. The maximum atomic E-state index is 10.2. The number of carboxylic acids is 4. The Morgan fingerprint density at radius 2 is 1.04 bits per heavy atom. The van der Waals surface area contributed by atoms with E-state index in [0.29, 0.717) is 19.5 Å². The van der Waals surface area contributed by atoms with E-state index in [9.17, 15) is 19.8 Å². The number of aliphatic carboxylic acids is 4. The third-order valence-corrected chi connectivity index (χ3v) is 2.16. The van der Waals surface area contributed by atoms with E-state index in [2.05, 4.69) is 0 Å². The maximum Gasteiger partial charge on any atom is 4.00 e. The molecule has 11 heteroatoms. The average Bonchev–Trinajstić information content (AvgIpc) is 2.24. The maximum absolute atomic E-state index is 10.2. The minimum Gasteiger partial charge on any atom is -0.550 e. The Morgan fingerprint density at radius 3 is 1.04 bits per heavy atom. The first-order valence-electron chi connectivity index (χ1n) is 6.16. The van der Waals surface area contributed by atoms with E-state index in [1.54, 1.807) is 0 Å². The molecule has 1 aliphatic carbocycles. The molecular formula is C12H20N2O8Pt. The Labute approximate surface area is 148 Å². The van der Waals surface area contributed by atoms with Crippen molar-refractivity contribution in [1.82, 2.24) is 0 Å². The molecule has 0 heterocycles. The summed E-state index contributed by atoms with van der Waals surface area (Å²) in [5, 5.41) is 38.2. The molecule has 0 saturated heterocycles. The van der Waals surface area contributed by atoms with E-state index in [4.69, 9.17) is 31.3 Å². The molecule has 0 aromatic heterocycles. The molecule has 1 saturated carbocycles. The van der Waals surface area contributed by atoms with Gasteiger partial charge in [-0.25, -0.2) is 0 Å². The largest absolute Gasteiger partial charge is 4.00 e. The van der Waals surface area contributed by atoms with Crippen molar-refractivity contribution in [2.24, 2.45) is 16.9 Å². The summed E-state index contributed by atoms with van der Waals surface area (Å²) in [4.78, 5) is 38.2. The van der Waals surface area contributed by atoms with Gasteiger partial charge in [0.2, 0.25) is 0 Å². The summed E-state index contributed by atoms with van der Waals surface area (Å²) in [6, 6.07) is 0. The van der Waals surface area contributed by atoms with Gasteiger partial charge in [0.25, 0.3) is 0 Å². The molecule has 0 spiro atoms. The third-order valence-electron chi connectivity index (χ3n) is 2.16. The summed E-state index contributed by atoms with van der Waals surface area (Å²) in [5.74, 6) is -5.20. The van der Waals surface area contributed by atoms with E-state index >= 15 is 0 Å². The Bertz CT molecular complexity index is 334. The van der Waals surface area contributed by atoms with E-state index in [1.807, 2.05) is 0 Å². The minimum atomic E-state index is -1.67. The monoisotopic (exact) mass is 515 g/mol. The molecule has 136 valence electrons. The number of rotatable bonds is 3. The zero-order valence-electron chi connectivity index (χ0n) is 12.8. The normalized spacial score (nSPS) is 12.7. The Morgan fingerprint density at radius 1 is 0.826 bits per heavy atom. The fraction of sp³-hybridized carbons (Fsp3) is 0.667. The number of carbonyl (C=O) groups excluding carboxylic acids is 4. The average molecular weight is 515 g/mol. The third kappa shape index (κ3) is 18.4. The standard InChI is InChI=1S/C6H8O4.C2H8N2.2C2H4O2.Pt/c7-4(8)6(5(9)10)2-1-3-6;3-1-2-4;2*1-2(3)4;/h1-3H2,(H,7,8)(H,9,10);1-4H2;2*1H3,(H,3,4);/q;;;;+4/p-4. The van der Waals surface area contributed by atoms with Crippen LogP contribution in [0.2, 0.25) is 0 Å². The molecule has 23 heavy (non-hydrogen) atoms. The van der Waals surface area contributed by atoms with E-state index < -0.39 is 29.3 Å². The van der Waals surface area contributed by atoms with Gasteiger partial charge in [-0.05, 0) is 26.7 Å². The second kappa shape index (κ2) is 16.9. The van der Waals surface area contributed by atoms with Gasteiger partial charge < -0.3 is 51.1 Å². The second-order valence-electron chi connectivity index (χ2n) is 4.07. The molecule has 0 aliphatic heterocycles. The first-order valence-corrected chi connectivity index (χ1v) is 6.16. The fourth-order valence-electron chi connectivity index (χ4n) is 1.02. The summed E-state index contributed by atoms with van der Waals surface area (Å²) in [5.41, 5.74) is 8.14. The summed E-state index contributed by atoms with van der Waals surface area (Å²) in [6.07, 6.45) is 0.928. The Balaban J connectivity index is -0.000000118. The summed E-state index contributed by atoms with van der Waals surface area (Å²) < 4.78 is 0. The predicted molar refractivity (Wildman–Crippen MR) is 65.8 cm³/mol. The van der Waals surface area contributed by atoms with Crippen LogP contribution in [0.5, 0.6) is 0 Å². The van der Waals surface area contributed by atoms with E-state index in [0.717, 1.165) is 13.8 Å². The predicted octanol–water partition coefficient (Wildman–Crippen LogP) is -5.93. The van der Waals surface area contributed by atoms with Crippen LogP contribution in [0, 0.1) is 5.41 Å². The van der Waals surface area contributed by atoms with Gasteiger partial charge in [0.05, 0.1) is 11.9 Å². The second-order valence-corrected chi connectivity index (χ2v) is 4.07. The molecule has 0 aromatic carbocycles. The molecule has 4 N–H and O–H groups in total. The number of nitrogens with two attached hydrogens (primary N) is 2. The number of carboxylic acid groups (broad SMARTS) is 4. The molecule has 1 aliphatic rings. The van der Waals surface area contributed by atoms with Gasteiger partial charge in [0, 0.05) is 30.4 Å². The number of hydrogen-bond donors (Lipinski definition) is 2. The van der Waals surface area contributed by atoms with Crippen molar-refractivity contribution in [2.45, 2.75) is 33.1 Å². The van der Waals surface area contributed by atoms with Gasteiger partial charge >= 0.3 is 21.1 Å². The fourth-order valence-corrected chi connectivity index (χ4v) is 1.02. The van der Waals surface area contributed by atoms with Crippen LogP contribution in [0.3, 0.4) is 0 Å². The van der Waals surface area contributed by atoms with Gasteiger partial charge in [-0.2, -0.15) is 0 Å². The quantitative estimate of drug-likeness (QED) is 0.340. The molecule has 0 atom stereocenters. The van der Waals surface area contributed by atoms with Crippen LogP contribution in [0.4, 0.5) is 0 Å². The molecule has 0 aromatic rings. The van der Waals surface area contributed by atoms with Crippen LogP contribution in [0.15, 0.2) is 0 Å². The van der Waals surface area contributed by atoms with Gasteiger partial charge in [-0.15, -0.1) is 0 Å². The van der Waals surface area contributed by atoms with Gasteiger partial charge in [-0.1, -0.05) is 6.42 Å². The van der Waals surface area contributed by atoms with Crippen molar-refractivity contribution < 1.29 is 60.7 Å². The summed E-state index contributed by atoms with van der Waals surface area (Å²) in [6.45, 7) is 3.14. The van der Waals surface area contributed by atoms with Crippen molar-refractivity contribution in [1.29, 1.82) is 0 Å². The topological polar surface area (TPSA) is 213 Å². The van der Waals surface area contributed by atoms with Crippen molar-refractivity contribution in [3.8, 4) is 0 Å². The van der Waals surface area contributed by atoms with Gasteiger partial charge in [0.1, 0.15) is 0 Å². The number of carbonyl (C=O) groups is 4. The molecule has 0 radical (unpaired) electrons. The van der Waals surface area contributed by atoms with Gasteiger partial charge in [-0.3, -0.25) is 0 Å². The SMILES string of the molecule is CC(=O)[O-].CC(=O)[O-].NCCN.O=C([O-])C1(C(=O)[O-])CCC1.[Pt+4]. The summed E-state index contributed by atoms with van der Waals surface area (Å²) >= 11 is 0. The van der Waals surface area contributed by atoms with Crippen LogP contribution in [0.25, 0.3) is 0 Å². The van der Waals surface area contributed by atoms with E-state index in [1.165, 1.54) is 0 Å². The summed E-state index contributed by atoms with van der Waals surface area (Å²) in [7, 11) is 0. The minimum absolute atomic E-state index is 0. The molecule has 1 rings (SSSR count). The zero-order chi connectivity index (χ0) is 18.3. The Kier molecular flexibility index (Phi) is 21.6. The number of hydrogen-bond acceptors (Lipinski definition) is 10. The molecule has 0 unspecified atom stereocenters. The zero-order valence-corrected chi connectivity index (χ0v) is 15.0. The van der Waals surface area contributed by atoms with E-state index in [-0.39, 0.29) is 33.9 Å². The van der Waals surface area contributed by atoms with Crippen LogP contribution in [-0.2, 0) is 40.2 Å². The molecule has 0 amide bonds. The van der Waals surface area contributed by atoms with Crippen molar-refractivity contribution in [3.05, 3.63) is 0 Å².